The average molecular weight is 372 g/mol. The molecule has 0 spiro atoms. The van der Waals surface area contributed by atoms with Crippen molar-refractivity contribution in [1.29, 1.82) is 0 Å². The SMILES string of the molecule is CC1(CNC(=O)[C@@H]2[C@H](NC(=O)OCc3ccccc3)[C@@H]3CC[C@H]2O3)CCC1. The first-order chi connectivity index (χ1) is 13.0. The molecule has 2 N–H and O–H groups in total. The van der Waals surface area contributed by atoms with Gasteiger partial charge >= 0.3 is 6.09 Å². The number of hydrogen-bond donors (Lipinski definition) is 2. The van der Waals surface area contributed by atoms with Crippen LogP contribution in [-0.2, 0) is 20.9 Å². The van der Waals surface area contributed by atoms with Crippen molar-refractivity contribution < 1.29 is 19.1 Å². The van der Waals surface area contributed by atoms with Gasteiger partial charge in [-0.15, -0.1) is 0 Å². The highest BCUT2D eigenvalue weighted by atomic mass is 16.6. The number of benzene rings is 1. The molecule has 6 nitrogen and oxygen atoms in total. The first kappa shape index (κ1) is 18.3. The molecular weight excluding hydrogens is 344 g/mol. The van der Waals surface area contributed by atoms with Gasteiger partial charge in [0.25, 0.3) is 0 Å². The zero-order valence-electron chi connectivity index (χ0n) is 15.8. The number of amides is 2. The van der Waals surface area contributed by atoms with E-state index in [-0.39, 0.29) is 42.1 Å². The Labute approximate surface area is 160 Å². The fourth-order valence-electron chi connectivity index (χ4n) is 4.47. The molecule has 0 unspecified atom stereocenters. The molecule has 1 saturated carbocycles. The number of carbonyl (C=O) groups excluding carboxylic acids is 2. The van der Waals surface area contributed by atoms with Crippen LogP contribution in [0.25, 0.3) is 0 Å². The van der Waals surface area contributed by atoms with Crippen LogP contribution in [0.5, 0.6) is 0 Å². The van der Waals surface area contributed by atoms with Crippen molar-refractivity contribution in [2.24, 2.45) is 11.3 Å². The minimum atomic E-state index is -0.497. The summed E-state index contributed by atoms with van der Waals surface area (Å²) in [5.74, 6) is -0.347. The first-order valence-corrected chi connectivity index (χ1v) is 9.94. The second kappa shape index (κ2) is 7.50. The van der Waals surface area contributed by atoms with Gasteiger partial charge in [0.05, 0.1) is 24.2 Å². The average Bonchev–Trinajstić information content (AvgIpc) is 3.25. The monoisotopic (exact) mass is 372 g/mol. The van der Waals surface area contributed by atoms with E-state index in [9.17, 15) is 9.59 Å². The molecule has 1 aromatic rings. The number of hydrogen-bond acceptors (Lipinski definition) is 4. The Kier molecular flexibility index (Phi) is 5.08. The maximum absolute atomic E-state index is 12.8. The molecule has 6 heteroatoms. The molecule has 146 valence electrons. The summed E-state index contributed by atoms with van der Waals surface area (Å²) in [6.07, 6.45) is 4.59. The van der Waals surface area contributed by atoms with Crippen molar-refractivity contribution in [3.05, 3.63) is 35.9 Å². The molecule has 3 aliphatic rings. The quantitative estimate of drug-likeness (QED) is 0.805. The second-order valence-corrected chi connectivity index (χ2v) is 8.43. The van der Waals surface area contributed by atoms with Gasteiger partial charge in [-0.1, -0.05) is 43.7 Å². The lowest BCUT2D eigenvalue weighted by molar-refractivity contribution is -0.127. The van der Waals surface area contributed by atoms with Crippen LogP contribution in [0.15, 0.2) is 30.3 Å². The third-order valence-corrected chi connectivity index (χ3v) is 6.32. The van der Waals surface area contributed by atoms with Gasteiger partial charge in [0.1, 0.15) is 6.61 Å². The first-order valence-electron chi connectivity index (χ1n) is 9.94. The fraction of sp³-hybridized carbons (Fsp3) is 0.619. The van der Waals surface area contributed by atoms with E-state index in [4.69, 9.17) is 9.47 Å². The van der Waals surface area contributed by atoms with Gasteiger partial charge in [-0.25, -0.2) is 4.79 Å². The standard InChI is InChI=1S/C21H28N2O4/c1-21(10-5-11-21)13-22-19(24)17-15-8-9-16(27-15)18(17)23-20(25)26-12-14-6-3-2-4-7-14/h2-4,6-7,15-18H,5,8-13H2,1H3,(H,22,24)(H,23,25)/t15-,16+,17+,18-/m1/s1. The van der Waals surface area contributed by atoms with E-state index >= 15 is 0 Å². The van der Waals surface area contributed by atoms with E-state index < -0.39 is 6.09 Å². The minimum Gasteiger partial charge on any atom is -0.445 e. The number of nitrogens with one attached hydrogen (secondary N) is 2. The second-order valence-electron chi connectivity index (χ2n) is 8.43. The predicted octanol–water partition coefficient (Wildman–Crippen LogP) is 2.77. The summed E-state index contributed by atoms with van der Waals surface area (Å²) in [6.45, 7) is 3.12. The van der Waals surface area contributed by atoms with Gasteiger partial charge in [0, 0.05) is 6.54 Å². The number of alkyl carbamates (subject to hydrolysis) is 1. The lowest BCUT2D eigenvalue weighted by Crippen LogP contribution is -2.53. The van der Waals surface area contributed by atoms with Gasteiger partial charge in [0.2, 0.25) is 5.91 Å². The van der Waals surface area contributed by atoms with Crippen LogP contribution in [0, 0.1) is 11.3 Å². The Balaban J connectivity index is 1.32. The van der Waals surface area contributed by atoms with E-state index in [1.807, 2.05) is 30.3 Å². The molecule has 4 rings (SSSR count). The van der Waals surface area contributed by atoms with Crippen LogP contribution in [0.1, 0.15) is 44.6 Å². The molecule has 4 atom stereocenters. The van der Waals surface area contributed by atoms with Gasteiger partial charge in [-0.2, -0.15) is 0 Å². The maximum atomic E-state index is 12.8. The summed E-state index contributed by atoms with van der Waals surface area (Å²) in [5.41, 5.74) is 1.16. The number of fused-ring (bicyclic) bond motifs is 2. The molecule has 2 heterocycles. The third-order valence-electron chi connectivity index (χ3n) is 6.32. The molecule has 3 fully saturated rings. The van der Waals surface area contributed by atoms with Crippen LogP contribution in [-0.4, -0.2) is 36.8 Å². The smallest absolute Gasteiger partial charge is 0.407 e. The minimum absolute atomic E-state index is 0.0105. The topological polar surface area (TPSA) is 76.7 Å². The maximum Gasteiger partial charge on any atom is 0.407 e. The summed E-state index contributed by atoms with van der Waals surface area (Å²) in [7, 11) is 0. The van der Waals surface area contributed by atoms with Crippen molar-refractivity contribution >= 4 is 12.0 Å². The molecule has 0 radical (unpaired) electrons. The van der Waals surface area contributed by atoms with Crippen LogP contribution in [0.4, 0.5) is 4.79 Å². The lowest BCUT2D eigenvalue weighted by atomic mass is 9.70. The zero-order valence-corrected chi connectivity index (χ0v) is 15.8. The van der Waals surface area contributed by atoms with Gasteiger partial charge in [-0.05, 0) is 36.7 Å². The number of carbonyl (C=O) groups is 2. The van der Waals surface area contributed by atoms with Gasteiger partial charge in [-0.3, -0.25) is 4.79 Å². The van der Waals surface area contributed by atoms with E-state index in [2.05, 4.69) is 17.6 Å². The molecule has 27 heavy (non-hydrogen) atoms. The molecular formula is C21H28N2O4. The van der Waals surface area contributed by atoms with Crippen LogP contribution in [0.2, 0.25) is 0 Å². The Morgan fingerprint density at radius 3 is 2.63 bits per heavy atom. The van der Waals surface area contributed by atoms with E-state index in [0.29, 0.717) is 6.54 Å². The number of rotatable bonds is 6. The van der Waals surface area contributed by atoms with Crippen molar-refractivity contribution in [3.63, 3.8) is 0 Å². The molecule has 2 amide bonds. The largest absolute Gasteiger partial charge is 0.445 e. The summed E-state index contributed by atoms with van der Waals surface area (Å²) in [4.78, 5) is 25.1. The summed E-state index contributed by atoms with van der Waals surface area (Å²) in [5, 5.41) is 5.99. The van der Waals surface area contributed by atoms with Crippen molar-refractivity contribution in [2.45, 2.75) is 63.9 Å². The van der Waals surface area contributed by atoms with Crippen molar-refractivity contribution in [1.82, 2.24) is 10.6 Å². The lowest BCUT2D eigenvalue weighted by Gasteiger charge is -2.39. The van der Waals surface area contributed by atoms with Gasteiger partial charge < -0.3 is 20.1 Å². The predicted molar refractivity (Wildman–Crippen MR) is 99.9 cm³/mol. The van der Waals surface area contributed by atoms with Gasteiger partial charge in [0.15, 0.2) is 0 Å². The molecule has 2 saturated heterocycles. The van der Waals surface area contributed by atoms with Crippen molar-refractivity contribution in [2.75, 3.05) is 6.54 Å². The molecule has 1 aromatic carbocycles. The normalized spacial score (nSPS) is 30.4. The molecule has 1 aliphatic carbocycles. The van der Waals surface area contributed by atoms with Crippen LogP contribution >= 0.6 is 0 Å². The zero-order chi connectivity index (χ0) is 18.9. The molecule has 2 aliphatic heterocycles. The molecule has 0 aromatic heterocycles. The van der Waals surface area contributed by atoms with E-state index in [1.54, 1.807) is 0 Å². The number of ether oxygens (including phenoxy) is 2. The van der Waals surface area contributed by atoms with E-state index in [0.717, 1.165) is 31.2 Å². The summed E-state index contributed by atoms with van der Waals surface area (Å²) >= 11 is 0. The highest BCUT2D eigenvalue weighted by Crippen LogP contribution is 2.41. The Hall–Kier alpha value is -2.08. The highest BCUT2D eigenvalue weighted by molar-refractivity contribution is 5.82. The Morgan fingerprint density at radius 2 is 1.93 bits per heavy atom. The Morgan fingerprint density at radius 1 is 1.19 bits per heavy atom. The van der Waals surface area contributed by atoms with Crippen LogP contribution in [0.3, 0.4) is 0 Å². The third kappa shape index (κ3) is 3.95. The summed E-state index contributed by atoms with van der Waals surface area (Å²) in [6, 6.07) is 9.23. The fourth-order valence-corrected chi connectivity index (χ4v) is 4.47. The van der Waals surface area contributed by atoms with Crippen molar-refractivity contribution in [3.8, 4) is 0 Å². The highest BCUT2D eigenvalue weighted by Gasteiger charge is 2.53. The Bertz CT molecular complexity index is 689. The van der Waals surface area contributed by atoms with E-state index in [1.165, 1.54) is 6.42 Å². The summed E-state index contributed by atoms with van der Waals surface area (Å²) < 4.78 is 11.3. The van der Waals surface area contributed by atoms with Crippen LogP contribution < -0.4 is 10.6 Å². The molecule has 2 bridgehead atoms.